The van der Waals surface area contributed by atoms with Gasteiger partial charge in [0.2, 0.25) is 0 Å². The second-order valence-corrected chi connectivity index (χ2v) is 8.75. The summed E-state index contributed by atoms with van der Waals surface area (Å²) in [6, 6.07) is 12.1. The third kappa shape index (κ3) is 5.40. The minimum absolute atomic E-state index is 0.0718. The Morgan fingerprint density at radius 1 is 1.24 bits per heavy atom. The molecule has 0 saturated carbocycles. The van der Waals surface area contributed by atoms with Crippen molar-refractivity contribution in [3.63, 3.8) is 0 Å². The Morgan fingerprint density at radius 2 is 2.03 bits per heavy atom. The highest BCUT2D eigenvalue weighted by atomic mass is 79.9. The quantitative estimate of drug-likeness (QED) is 0.500. The summed E-state index contributed by atoms with van der Waals surface area (Å²) in [6.07, 6.45) is 1.21. The van der Waals surface area contributed by atoms with Gasteiger partial charge in [0, 0.05) is 38.4 Å². The number of amides is 2. The van der Waals surface area contributed by atoms with Gasteiger partial charge in [-0.2, -0.15) is 5.10 Å². The molecule has 2 aromatic heterocycles. The molecule has 0 bridgehead atoms. The third-order valence-electron chi connectivity index (χ3n) is 5.67. The van der Waals surface area contributed by atoms with Crippen LogP contribution in [0, 0.1) is 12.7 Å². The second-order valence-electron chi connectivity index (χ2n) is 7.96. The average Bonchev–Trinajstić information content (AvgIpc) is 3.34. The van der Waals surface area contributed by atoms with Gasteiger partial charge in [0.1, 0.15) is 5.82 Å². The number of anilines is 1. The van der Waals surface area contributed by atoms with E-state index in [-0.39, 0.29) is 23.8 Å². The van der Waals surface area contributed by atoms with Crippen molar-refractivity contribution >= 4 is 27.8 Å². The molecule has 10 heteroatoms. The predicted octanol–water partition coefficient (Wildman–Crippen LogP) is 3.71. The van der Waals surface area contributed by atoms with Crippen molar-refractivity contribution in [1.82, 2.24) is 25.0 Å². The molecule has 1 saturated heterocycles. The lowest BCUT2D eigenvalue weighted by molar-refractivity contribution is 0.159. The van der Waals surface area contributed by atoms with Crippen LogP contribution in [0.3, 0.4) is 0 Å². The first-order valence-corrected chi connectivity index (χ1v) is 11.5. The summed E-state index contributed by atoms with van der Waals surface area (Å²) in [6.45, 7) is 4.52. The topological polar surface area (TPSA) is 84.3 Å². The van der Waals surface area contributed by atoms with Gasteiger partial charge in [0.25, 0.3) is 0 Å². The van der Waals surface area contributed by atoms with Crippen molar-refractivity contribution < 1.29 is 13.9 Å². The number of likely N-dealkylation sites (tertiary alicyclic amines) is 1. The van der Waals surface area contributed by atoms with Crippen molar-refractivity contribution in [2.75, 3.05) is 38.7 Å². The smallest absolute Gasteiger partial charge is 0.320 e. The number of nitrogens with zero attached hydrogens (tertiary/aromatic N) is 4. The highest BCUT2D eigenvalue weighted by Crippen LogP contribution is 2.30. The number of carbonyl (C=O) groups excluding carboxylic acids is 1. The number of benzene rings is 1. The van der Waals surface area contributed by atoms with Gasteiger partial charge < -0.3 is 10.1 Å². The van der Waals surface area contributed by atoms with Crippen LogP contribution in [0.2, 0.25) is 0 Å². The fraction of sp³-hybridized carbons (Fsp3) is 0.348. The van der Waals surface area contributed by atoms with Crippen LogP contribution in [-0.2, 0) is 4.74 Å². The van der Waals surface area contributed by atoms with Gasteiger partial charge in [-0.25, -0.2) is 13.9 Å². The van der Waals surface area contributed by atoms with Crippen LogP contribution >= 0.6 is 15.9 Å². The molecule has 1 aromatic carbocycles. The molecule has 1 fully saturated rings. The fourth-order valence-corrected chi connectivity index (χ4v) is 4.37. The highest BCUT2D eigenvalue weighted by molar-refractivity contribution is 9.10. The molecule has 2 N–H and O–H groups in total. The molecule has 174 valence electrons. The Hall–Kier alpha value is -2.82. The van der Waals surface area contributed by atoms with E-state index in [0.717, 1.165) is 23.6 Å². The van der Waals surface area contributed by atoms with Gasteiger partial charge in [-0.3, -0.25) is 15.2 Å². The zero-order valence-electron chi connectivity index (χ0n) is 18.5. The van der Waals surface area contributed by atoms with E-state index in [1.54, 1.807) is 17.9 Å². The van der Waals surface area contributed by atoms with E-state index in [9.17, 15) is 9.18 Å². The van der Waals surface area contributed by atoms with Crippen LogP contribution in [0.5, 0.6) is 0 Å². The van der Waals surface area contributed by atoms with Crippen molar-refractivity contribution in [2.45, 2.75) is 18.9 Å². The number of ether oxygens (including phenoxy) is 1. The molecule has 0 aliphatic carbocycles. The number of hydrogen-bond acceptors (Lipinski definition) is 5. The Morgan fingerprint density at radius 3 is 2.73 bits per heavy atom. The van der Waals surface area contributed by atoms with E-state index in [1.807, 2.05) is 37.3 Å². The number of urea groups is 1. The average molecular weight is 517 g/mol. The molecule has 2 atom stereocenters. The lowest BCUT2D eigenvalue weighted by atomic mass is 9.99. The highest BCUT2D eigenvalue weighted by Gasteiger charge is 2.35. The number of nitrogens with one attached hydrogen (secondary N) is 2. The largest absolute Gasteiger partial charge is 0.383 e. The van der Waals surface area contributed by atoms with Crippen molar-refractivity contribution in [3.8, 4) is 5.69 Å². The van der Waals surface area contributed by atoms with Crippen LogP contribution < -0.4 is 10.6 Å². The Bertz CT molecular complexity index is 1090. The first kappa shape index (κ1) is 23.3. The molecule has 0 radical (unpaired) electrons. The Kier molecular flexibility index (Phi) is 7.36. The summed E-state index contributed by atoms with van der Waals surface area (Å²) >= 11 is 3.54. The number of hydrogen-bond donors (Lipinski definition) is 2. The number of aromatic nitrogens is 3. The monoisotopic (exact) mass is 516 g/mol. The number of halogens is 2. The number of aryl methyl sites for hydroxylation is 1. The van der Waals surface area contributed by atoms with Crippen molar-refractivity contribution in [3.05, 3.63) is 70.3 Å². The van der Waals surface area contributed by atoms with E-state index < -0.39 is 0 Å². The van der Waals surface area contributed by atoms with E-state index in [0.29, 0.717) is 30.0 Å². The SMILES string of the molecule is COCCN1C[C@H](NC(=O)Nc2c(Br)c(C)nn2-c2ccccc2)[C@@H](c2ccc(F)cn2)C1. The maximum Gasteiger partial charge on any atom is 0.320 e. The van der Waals surface area contributed by atoms with Gasteiger partial charge in [-0.05, 0) is 47.1 Å². The normalized spacial score (nSPS) is 18.4. The van der Waals surface area contributed by atoms with Crippen LogP contribution in [-0.4, -0.2) is 65.1 Å². The van der Waals surface area contributed by atoms with Crippen LogP contribution in [0.25, 0.3) is 5.69 Å². The van der Waals surface area contributed by atoms with E-state index >= 15 is 0 Å². The first-order valence-electron chi connectivity index (χ1n) is 10.7. The predicted molar refractivity (Wildman–Crippen MR) is 127 cm³/mol. The van der Waals surface area contributed by atoms with E-state index in [4.69, 9.17) is 4.74 Å². The number of methoxy groups -OCH3 is 1. The van der Waals surface area contributed by atoms with Gasteiger partial charge >= 0.3 is 6.03 Å². The summed E-state index contributed by atoms with van der Waals surface area (Å²) in [4.78, 5) is 19.5. The lowest BCUT2D eigenvalue weighted by Crippen LogP contribution is -2.42. The van der Waals surface area contributed by atoms with Crippen molar-refractivity contribution in [1.29, 1.82) is 0 Å². The molecular weight excluding hydrogens is 491 g/mol. The van der Waals surface area contributed by atoms with E-state index in [1.165, 1.54) is 12.3 Å². The Labute approximate surface area is 200 Å². The summed E-state index contributed by atoms with van der Waals surface area (Å²) in [5.74, 6) is 0.0870. The van der Waals surface area contributed by atoms with Crippen LogP contribution in [0.15, 0.2) is 53.1 Å². The standard InChI is InChI=1S/C23H26BrFN6O2/c1-15-21(24)22(31(29-15)17-6-4-3-5-7-17)28-23(32)27-20-14-30(10-11-33-2)13-18(20)19-9-8-16(25)12-26-19/h3-9,12,18,20H,10-11,13-14H2,1-2H3,(H2,27,28,32)/t18-,20+/m1/s1. The fourth-order valence-electron chi connectivity index (χ4n) is 4.02. The molecule has 0 spiro atoms. The number of carbonyl (C=O) groups is 1. The molecule has 1 aliphatic heterocycles. The number of para-hydroxylation sites is 1. The maximum absolute atomic E-state index is 13.4. The molecule has 3 aromatic rings. The summed E-state index contributed by atoms with van der Waals surface area (Å²) in [5, 5.41) is 10.6. The van der Waals surface area contributed by atoms with Gasteiger partial charge in [0.05, 0.1) is 34.7 Å². The number of rotatable bonds is 7. The number of pyridine rings is 1. The Balaban J connectivity index is 1.52. The molecule has 1 aliphatic rings. The molecule has 8 nitrogen and oxygen atoms in total. The minimum Gasteiger partial charge on any atom is -0.383 e. The van der Waals surface area contributed by atoms with Crippen LogP contribution in [0.1, 0.15) is 17.3 Å². The summed E-state index contributed by atoms with van der Waals surface area (Å²) < 4.78 is 21.0. The zero-order chi connectivity index (χ0) is 23.4. The van der Waals surface area contributed by atoms with Gasteiger partial charge in [0.15, 0.2) is 5.82 Å². The summed E-state index contributed by atoms with van der Waals surface area (Å²) in [5.41, 5.74) is 2.34. The molecule has 3 heterocycles. The molecule has 2 amide bonds. The van der Waals surface area contributed by atoms with Gasteiger partial charge in [-0.15, -0.1) is 0 Å². The molecular formula is C23H26BrFN6O2. The molecule has 4 rings (SSSR count). The second kappa shape index (κ2) is 10.4. The van der Waals surface area contributed by atoms with Crippen LogP contribution in [0.4, 0.5) is 15.0 Å². The zero-order valence-corrected chi connectivity index (χ0v) is 20.0. The molecule has 33 heavy (non-hydrogen) atoms. The third-order valence-corrected chi connectivity index (χ3v) is 6.62. The maximum atomic E-state index is 13.4. The van der Waals surface area contributed by atoms with Crippen molar-refractivity contribution in [2.24, 2.45) is 0 Å². The van der Waals surface area contributed by atoms with E-state index in [2.05, 4.69) is 41.5 Å². The molecule has 0 unspecified atom stereocenters. The summed E-state index contributed by atoms with van der Waals surface area (Å²) in [7, 11) is 1.66. The minimum atomic E-state index is -0.385. The van der Waals surface area contributed by atoms with Gasteiger partial charge in [-0.1, -0.05) is 18.2 Å². The lowest BCUT2D eigenvalue weighted by Gasteiger charge is -2.20. The first-order chi connectivity index (χ1) is 16.0.